The predicted octanol–water partition coefficient (Wildman–Crippen LogP) is 5.66. The van der Waals surface area contributed by atoms with E-state index in [0.717, 1.165) is 29.8 Å². The van der Waals surface area contributed by atoms with Crippen LogP contribution in [0.4, 0.5) is 17.6 Å². The third-order valence-corrected chi connectivity index (χ3v) is 3.94. The molecule has 0 atom stereocenters. The van der Waals surface area contributed by atoms with E-state index in [1.807, 2.05) is 19.1 Å². The van der Waals surface area contributed by atoms with Gasteiger partial charge >= 0.3 is 0 Å². The molecule has 0 aliphatic rings. The van der Waals surface area contributed by atoms with Crippen LogP contribution in [0.5, 0.6) is 0 Å². The van der Waals surface area contributed by atoms with Crippen LogP contribution in [0.15, 0.2) is 48.5 Å². The number of hydrogen-bond donors (Lipinski definition) is 0. The Hall–Kier alpha value is -3.50. The summed E-state index contributed by atoms with van der Waals surface area (Å²) in [6.45, 7) is 3.47. The Morgan fingerprint density at radius 1 is 0.500 bits per heavy atom. The van der Waals surface area contributed by atoms with Crippen LogP contribution in [-0.2, 0) is 0 Å². The fourth-order valence-corrected chi connectivity index (χ4v) is 2.49. The normalized spacial score (nSPS) is 9.93. The minimum absolute atomic E-state index is 0.133. The quantitative estimate of drug-likeness (QED) is 0.350. The Labute approximate surface area is 160 Å². The average Bonchev–Trinajstić information content (AvgIpc) is 2.62. The maximum atomic E-state index is 14.3. The van der Waals surface area contributed by atoms with Crippen molar-refractivity contribution >= 4 is 0 Å². The van der Waals surface area contributed by atoms with Crippen molar-refractivity contribution in [3.8, 4) is 23.7 Å². The molecule has 0 aliphatic carbocycles. The summed E-state index contributed by atoms with van der Waals surface area (Å²) in [5.74, 6) is 6.19. The van der Waals surface area contributed by atoms with Crippen molar-refractivity contribution in [3.63, 3.8) is 0 Å². The smallest absolute Gasteiger partial charge is 0.143 e. The van der Waals surface area contributed by atoms with E-state index in [-0.39, 0.29) is 5.56 Å². The lowest BCUT2D eigenvalue weighted by molar-refractivity contribution is 0.573. The summed E-state index contributed by atoms with van der Waals surface area (Å²) in [7, 11) is 0. The molecule has 0 saturated heterocycles. The van der Waals surface area contributed by atoms with Crippen LogP contribution in [0.25, 0.3) is 0 Å². The van der Waals surface area contributed by atoms with Crippen LogP contribution in [0.1, 0.15) is 33.4 Å². The SMILES string of the molecule is Cc1ccc(C#Cc2cc(F)c(C#Cc3c(F)cc(C)cc3F)c(F)c2)cc1. The zero-order valence-corrected chi connectivity index (χ0v) is 15.1. The number of halogens is 4. The summed E-state index contributed by atoms with van der Waals surface area (Å²) >= 11 is 0. The molecule has 138 valence electrons. The second-order valence-electron chi connectivity index (χ2n) is 6.28. The molecular weight excluding hydrogens is 364 g/mol. The van der Waals surface area contributed by atoms with E-state index in [4.69, 9.17) is 0 Å². The van der Waals surface area contributed by atoms with Crippen LogP contribution < -0.4 is 0 Å². The lowest BCUT2D eigenvalue weighted by atomic mass is 10.1. The molecule has 3 rings (SSSR count). The Balaban J connectivity index is 1.93. The standard InChI is InChI=1S/C24H14F4/c1-15-3-5-17(6-4-15)7-8-18-13-23(27)20(24(28)14-18)10-9-19-21(25)11-16(2)12-22(19)26/h3-6,11-14H,1-2H3. The minimum Gasteiger partial charge on any atom is -0.206 e. The molecule has 0 nitrogen and oxygen atoms in total. The third kappa shape index (κ3) is 4.42. The van der Waals surface area contributed by atoms with Gasteiger partial charge in [0.2, 0.25) is 0 Å². The highest BCUT2D eigenvalue weighted by molar-refractivity contribution is 5.50. The number of benzene rings is 3. The van der Waals surface area contributed by atoms with E-state index in [0.29, 0.717) is 11.1 Å². The summed E-state index contributed by atoms with van der Waals surface area (Å²) in [6.07, 6.45) is 0. The molecule has 0 heterocycles. The molecule has 0 radical (unpaired) electrons. The highest BCUT2D eigenvalue weighted by Gasteiger charge is 2.11. The van der Waals surface area contributed by atoms with Crippen molar-refractivity contribution in [1.29, 1.82) is 0 Å². The minimum atomic E-state index is -0.950. The molecule has 0 unspecified atom stereocenters. The molecule has 0 spiro atoms. The van der Waals surface area contributed by atoms with Gasteiger partial charge in [0.15, 0.2) is 0 Å². The van der Waals surface area contributed by atoms with E-state index in [9.17, 15) is 17.6 Å². The molecule has 3 aromatic rings. The van der Waals surface area contributed by atoms with Crippen molar-refractivity contribution in [2.75, 3.05) is 0 Å². The van der Waals surface area contributed by atoms with E-state index < -0.39 is 34.4 Å². The van der Waals surface area contributed by atoms with E-state index in [1.54, 1.807) is 12.1 Å². The predicted molar refractivity (Wildman–Crippen MR) is 101 cm³/mol. The monoisotopic (exact) mass is 378 g/mol. The second kappa shape index (κ2) is 8.03. The highest BCUT2D eigenvalue weighted by Crippen LogP contribution is 2.17. The van der Waals surface area contributed by atoms with Crippen LogP contribution in [0.2, 0.25) is 0 Å². The van der Waals surface area contributed by atoms with Crippen molar-refractivity contribution in [2.24, 2.45) is 0 Å². The Morgan fingerprint density at radius 2 is 0.929 bits per heavy atom. The van der Waals surface area contributed by atoms with Gasteiger partial charge in [-0.25, -0.2) is 17.6 Å². The molecule has 0 aliphatic heterocycles. The fraction of sp³-hybridized carbons (Fsp3) is 0.0833. The number of hydrogen-bond acceptors (Lipinski definition) is 0. The fourth-order valence-electron chi connectivity index (χ4n) is 2.49. The Morgan fingerprint density at radius 3 is 1.43 bits per heavy atom. The molecule has 0 bridgehead atoms. The van der Waals surface area contributed by atoms with Crippen LogP contribution in [0.3, 0.4) is 0 Å². The first kappa shape index (κ1) is 19.3. The molecule has 3 aromatic carbocycles. The molecule has 0 amide bonds. The summed E-state index contributed by atoms with van der Waals surface area (Å²) in [5, 5.41) is 0. The van der Waals surface area contributed by atoms with Crippen LogP contribution in [-0.4, -0.2) is 0 Å². The maximum Gasteiger partial charge on any atom is 0.143 e. The largest absolute Gasteiger partial charge is 0.206 e. The first-order chi connectivity index (χ1) is 13.3. The van der Waals surface area contributed by atoms with Gasteiger partial charge < -0.3 is 0 Å². The maximum absolute atomic E-state index is 14.3. The highest BCUT2D eigenvalue weighted by atomic mass is 19.1. The van der Waals surface area contributed by atoms with Gasteiger partial charge in [0.1, 0.15) is 23.3 Å². The molecule has 0 N–H and O–H groups in total. The molecule has 0 fully saturated rings. The van der Waals surface area contributed by atoms with Crippen LogP contribution >= 0.6 is 0 Å². The second-order valence-corrected chi connectivity index (χ2v) is 6.28. The zero-order chi connectivity index (χ0) is 20.3. The number of rotatable bonds is 0. The van der Waals surface area contributed by atoms with Crippen molar-refractivity contribution in [3.05, 3.63) is 105 Å². The summed E-state index contributed by atoms with van der Waals surface area (Å²) in [6, 6.07) is 11.7. The molecular formula is C24H14F4. The molecule has 28 heavy (non-hydrogen) atoms. The van der Waals surface area contributed by atoms with E-state index in [1.165, 1.54) is 6.92 Å². The zero-order valence-electron chi connectivity index (χ0n) is 15.1. The third-order valence-electron chi connectivity index (χ3n) is 3.94. The Kier molecular flexibility index (Phi) is 5.52. The van der Waals surface area contributed by atoms with Gasteiger partial charge in [-0.1, -0.05) is 41.4 Å². The van der Waals surface area contributed by atoms with Gasteiger partial charge in [0, 0.05) is 11.1 Å². The van der Waals surface area contributed by atoms with Gasteiger partial charge in [0.05, 0.1) is 11.1 Å². The first-order valence-electron chi connectivity index (χ1n) is 8.39. The first-order valence-corrected chi connectivity index (χ1v) is 8.39. The van der Waals surface area contributed by atoms with E-state index >= 15 is 0 Å². The van der Waals surface area contributed by atoms with Crippen molar-refractivity contribution in [1.82, 2.24) is 0 Å². The summed E-state index contributed by atoms with van der Waals surface area (Å²) in [5.41, 5.74) is 1.20. The van der Waals surface area contributed by atoms with Gasteiger partial charge in [-0.15, -0.1) is 0 Å². The van der Waals surface area contributed by atoms with Crippen molar-refractivity contribution < 1.29 is 17.6 Å². The van der Waals surface area contributed by atoms with Gasteiger partial charge in [0.25, 0.3) is 0 Å². The summed E-state index contributed by atoms with van der Waals surface area (Å²) in [4.78, 5) is 0. The molecule has 4 heteroatoms. The molecule has 0 saturated carbocycles. The topological polar surface area (TPSA) is 0 Å². The Bertz CT molecular complexity index is 1120. The number of aryl methyl sites for hydroxylation is 2. The van der Waals surface area contributed by atoms with E-state index in [2.05, 4.69) is 23.7 Å². The molecule has 0 aromatic heterocycles. The van der Waals surface area contributed by atoms with Gasteiger partial charge in [-0.2, -0.15) is 0 Å². The van der Waals surface area contributed by atoms with Crippen LogP contribution in [0, 0.1) is 60.8 Å². The van der Waals surface area contributed by atoms with Gasteiger partial charge in [-0.3, -0.25) is 0 Å². The lowest BCUT2D eigenvalue weighted by Crippen LogP contribution is -1.95. The van der Waals surface area contributed by atoms with Gasteiger partial charge in [-0.05, 0) is 55.8 Å². The average molecular weight is 378 g/mol. The van der Waals surface area contributed by atoms with Crippen molar-refractivity contribution in [2.45, 2.75) is 13.8 Å². The summed E-state index contributed by atoms with van der Waals surface area (Å²) < 4.78 is 56.2. The lowest BCUT2D eigenvalue weighted by Gasteiger charge is -2.01.